The quantitative estimate of drug-likeness (QED) is 0.217. The lowest BCUT2D eigenvalue weighted by molar-refractivity contribution is 0.0122. The van der Waals surface area contributed by atoms with Gasteiger partial charge in [0.05, 0.1) is 23.0 Å². The Bertz CT molecular complexity index is 1830. The molecule has 3 aromatic rings. The van der Waals surface area contributed by atoms with E-state index in [0.717, 1.165) is 50.6 Å². The number of aromatic nitrogens is 3. The summed E-state index contributed by atoms with van der Waals surface area (Å²) < 4.78 is 54.6. The highest BCUT2D eigenvalue weighted by atomic mass is 35.5. The molecule has 14 heteroatoms. The zero-order valence-electron chi connectivity index (χ0n) is 29.6. The zero-order valence-corrected chi connectivity index (χ0v) is 30.3. The minimum absolute atomic E-state index is 0.00864. The summed E-state index contributed by atoms with van der Waals surface area (Å²) in [7, 11) is 1.53. The van der Waals surface area contributed by atoms with Crippen molar-refractivity contribution < 1.29 is 32.5 Å². The van der Waals surface area contributed by atoms with Gasteiger partial charge in [0.25, 0.3) is 0 Å². The van der Waals surface area contributed by atoms with Gasteiger partial charge in [-0.3, -0.25) is 14.8 Å². The number of pyridine rings is 1. The number of hydrogen-bond acceptors (Lipinski definition) is 10. The number of piperazine rings is 1. The van der Waals surface area contributed by atoms with Crippen LogP contribution in [0.25, 0.3) is 22.2 Å². The third kappa shape index (κ3) is 6.54. The minimum Gasteiger partial charge on any atom is -0.467 e. The molecule has 0 unspecified atom stereocenters. The summed E-state index contributed by atoms with van der Waals surface area (Å²) in [5.41, 5.74) is 0.502. The number of rotatable bonds is 9. The van der Waals surface area contributed by atoms with Crippen molar-refractivity contribution >= 4 is 34.4 Å². The third-order valence-electron chi connectivity index (χ3n) is 10.9. The molecule has 8 rings (SSSR count). The molecule has 11 nitrogen and oxygen atoms in total. The van der Waals surface area contributed by atoms with Crippen LogP contribution in [0.1, 0.15) is 77.2 Å². The SMILES string of the molecule is COCOc1cc(Cl)c(C2CC2)c(-c2ncc3c(N4C[C@H]5CC[C@@H](C4)N5C(=O)OC(C)(C)C)nc(OC[C@@]45CCCN4C[C@H](F)C5)nc3c2F)c1. The van der Waals surface area contributed by atoms with Gasteiger partial charge in [-0.1, -0.05) is 11.6 Å². The van der Waals surface area contributed by atoms with Gasteiger partial charge in [-0.15, -0.1) is 0 Å². The Morgan fingerprint density at radius 2 is 1.84 bits per heavy atom. The Hall–Kier alpha value is -3.55. The normalized spacial score (nSPS) is 26.2. The average Bonchev–Trinajstić information content (AvgIpc) is 3.68. The molecule has 4 atom stereocenters. The number of methoxy groups -OCH3 is 1. The minimum atomic E-state index is -0.916. The highest BCUT2D eigenvalue weighted by Gasteiger charge is 2.50. The highest BCUT2D eigenvalue weighted by Crippen LogP contribution is 2.50. The standard InChI is InChI=1S/C37H45ClF2N6O5/c1-36(2,3)51-35(47)46-23-8-9-24(46)18-44(17-23)33-27-15-41-31(26-12-25(50-20-48-4)13-28(38)29(26)21-6-7-21)30(40)32(27)42-34(43-33)49-19-37-10-5-11-45(37)16-22(39)14-37/h12-13,15,21-24H,5-11,14,16-20H2,1-4H3/t22-,23-,24+,37+/m1/s1. The number of carbonyl (C=O) groups excluding carboxylic acids is 1. The van der Waals surface area contributed by atoms with Crippen LogP contribution in [0.5, 0.6) is 11.8 Å². The van der Waals surface area contributed by atoms with Crippen LogP contribution in [0.4, 0.5) is 19.4 Å². The van der Waals surface area contributed by atoms with E-state index in [0.29, 0.717) is 53.6 Å². The van der Waals surface area contributed by atoms with Crippen molar-refractivity contribution in [3.05, 3.63) is 34.7 Å². The van der Waals surface area contributed by atoms with Crippen molar-refractivity contribution in [1.29, 1.82) is 0 Å². The van der Waals surface area contributed by atoms with Gasteiger partial charge in [0.1, 0.15) is 41.2 Å². The maximum Gasteiger partial charge on any atom is 0.410 e. The van der Waals surface area contributed by atoms with Gasteiger partial charge in [0.2, 0.25) is 0 Å². The second-order valence-electron chi connectivity index (χ2n) is 15.7. The molecule has 274 valence electrons. The molecule has 1 aromatic carbocycles. The number of nitrogens with zero attached hydrogens (tertiary/aromatic N) is 6. The Morgan fingerprint density at radius 3 is 2.55 bits per heavy atom. The summed E-state index contributed by atoms with van der Waals surface area (Å²) in [6.07, 6.45) is 6.07. The fourth-order valence-corrected chi connectivity index (χ4v) is 9.00. The number of fused-ring (bicyclic) bond motifs is 4. The number of halogens is 3. The average molecular weight is 727 g/mol. The molecule has 1 aliphatic carbocycles. The maximum absolute atomic E-state index is 17.1. The van der Waals surface area contributed by atoms with Crippen molar-refractivity contribution in [2.75, 3.05) is 51.6 Å². The lowest BCUT2D eigenvalue weighted by atomic mass is 9.95. The molecular weight excluding hydrogens is 682 g/mol. The van der Waals surface area contributed by atoms with Gasteiger partial charge < -0.3 is 23.8 Å². The van der Waals surface area contributed by atoms with Gasteiger partial charge in [-0.05, 0) is 89.5 Å². The molecular formula is C37H45ClF2N6O5. The fraction of sp³-hybridized carbons (Fsp3) is 0.622. The molecule has 51 heavy (non-hydrogen) atoms. The lowest BCUT2D eigenvalue weighted by Crippen LogP contribution is -2.57. The summed E-state index contributed by atoms with van der Waals surface area (Å²) in [5, 5.41) is 0.918. The Morgan fingerprint density at radius 1 is 1.08 bits per heavy atom. The first-order chi connectivity index (χ1) is 24.4. The smallest absolute Gasteiger partial charge is 0.410 e. The first kappa shape index (κ1) is 34.5. The van der Waals surface area contributed by atoms with E-state index < -0.39 is 23.1 Å². The van der Waals surface area contributed by atoms with Crippen LogP contribution in [-0.4, -0.2) is 107 Å². The third-order valence-corrected chi connectivity index (χ3v) is 11.3. The van der Waals surface area contributed by atoms with Crippen LogP contribution in [-0.2, 0) is 9.47 Å². The Balaban J connectivity index is 1.19. The summed E-state index contributed by atoms with van der Waals surface area (Å²) in [6, 6.07) is 3.30. The summed E-state index contributed by atoms with van der Waals surface area (Å²) >= 11 is 6.79. The molecule has 6 heterocycles. The summed E-state index contributed by atoms with van der Waals surface area (Å²) in [6.45, 7) is 7.97. The number of alkyl halides is 1. The largest absolute Gasteiger partial charge is 0.467 e. The second kappa shape index (κ2) is 13.1. The molecule has 2 aromatic heterocycles. The van der Waals surface area contributed by atoms with Gasteiger partial charge in [-0.2, -0.15) is 9.97 Å². The van der Waals surface area contributed by atoms with Crippen LogP contribution in [0.3, 0.4) is 0 Å². The Kier molecular flexibility index (Phi) is 8.90. The lowest BCUT2D eigenvalue weighted by Gasteiger charge is -2.42. The predicted molar refractivity (Wildman–Crippen MR) is 188 cm³/mol. The van der Waals surface area contributed by atoms with E-state index in [1.54, 1.807) is 18.3 Å². The maximum atomic E-state index is 17.1. The topological polar surface area (TPSA) is 102 Å². The van der Waals surface area contributed by atoms with Crippen molar-refractivity contribution in [3.63, 3.8) is 0 Å². The van der Waals surface area contributed by atoms with Crippen LogP contribution in [0.2, 0.25) is 5.02 Å². The van der Waals surface area contributed by atoms with E-state index in [1.807, 2.05) is 25.7 Å². The van der Waals surface area contributed by atoms with Crippen LogP contribution in [0, 0.1) is 5.82 Å². The fourth-order valence-electron chi connectivity index (χ4n) is 8.64. The number of hydrogen-bond donors (Lipinski definition) is 0. The second-order valence-corrected chi connectivity index (χ2v) is 16.2. The molecule has 0 spiro atoms. The molecule has 0 radical (unpaired) electrons. The molecule has 4 aliphatic heterocycles. The van der Waals surface area contributed by atoms with Crippen LogP contribution >= 0.6 is 11.6 Å². The molecule has 0 N–H and O–H groups in total. The molecule has 2 bridgehead atoms. The van der Waals surface area contributed by atoms with E-state index >= 15 is 4.39 Å². The van der Waals surface area contributed by atoms with Crippen LogP contribution in [0.15, 0.2) is 18.3 Å². The monoisotopic (exact) mass is 726 g/mol. The number of carbonyl (C=O) groups is 1. The van der Waals surface area contributed by atoms with E-state index in [2.05, 4.69) is 14.8 Å². The number of benzene rings is 1. The first-order valence-electron chi connectivity index (χ1n) is 18.0. The molecule has 1 amide bonds. The Labute approximate surface area is 301 Å². The number of amides is 1. The van der Waals surface area contributed by atoms with E-state index in [9.17, 15) is 9.18 Å². The zero-order chi connectivity index (χ0) is 35.7. The summed E-state index contributed by atoms with van der Waals surface area (Å²) in [4.78, 5) is 33.6. The number of anilines is 1. The highest BCUT2D eigenvalue weighted by molar-refractivity contribution is 6.32. The molecule has 5 fully saturated rings. The van der Waals surface area contributed by atoms with Gasteiger partial charge in [0.15, 0.2) is 12.6 Å². The van der Waals surface area contributed by atoms with E-state index in [4.69, 9.17) is 40.5 Å². The van der Waals surface area contributed by atoms with Crippen molar-refractivity contribution in [3.8, 4) is 23.0 Å². The molecule has 5 aliphatic rings. The van der Waals surface area contributed by atoms with E-state index in [-0.39, 0.29) is 54.7 Å². The van der Waals surface area contributed by atoms with Gasteiger partial charge >= 0.3 is 12.1 Å². The van der Waals surface area contributed by atoms with Crippen molar-refractivity contribution in [1.82, 2.24) is 24.8 Å². The van der Waals surface area contributed by atoms with Gasteiger partial charge in [0, 0.05) is 49.9 Å². The molecule has 4 saturated heterocycles. The van der Waals surface area contributed by atoms with Crippen molar-refractivity contribution in [2.45, 2.75) is 101 Å². The molecule has 1 saturated carbocycles. The first-order valence-corrected chi connectivity index (χ1v) is 18.4. The van der Waals surface area contributed by atoms with Crippen LogP contribution < -0.4 is 14.4 Å². The van der Waals surface area contributed by atoms with E-state index in [1.165, 1.54) is 7.11 Å². The van der Waals surface area contributed by atoms with Gasteiger partial charge in [-0.25, -0.2) is 13.6 Å². The summed E-state index contributed by atoms with van der Waals surface area (Å²) in [5.74, 6) is 0.499. The predicted octanol–water partition coefficient (Wildman–Crippen LogP) is 6.89. The van der Waals surface area contributed by atoms with Crippen molar-refractivity contribution in [2.24, 2.45) is 0 Å². The number of ether oxygens (including phenoxy) is 4.